The van der Waals surface area contributed by atoms with E-state index in [1.165, 1.54) is 24.0 Å². The summed E-state index contributed by atoms with van der Waals surface area (Å²) in [5.74, 6) is 1.03. The van der Waals surface area contributed by atoms with E-state index in [9.17, 15) is 10.1 Å². The van der Waals surface area contributed by atoms with Crippen molar-refractivity contribution in [1.29, 1.82) is 5.26 Å². The standard InChI is InChI=1S/C24H25N3O/c1-16-5-7-18(8-6-16)21-15-27(22-19-9-11-26(12-10-19)23(21)22)24(28)20-4-2-3-17(13-20)14-25/h2-8,13,19,21-23H,9-12,15H2,1H3/t21-,22-,23-/m1/s1. The van der Waals surface area contributed by atoms with Crippen LogP contribution in [0.25, 0.3) is 0 Å². The highest BCUT2D eigenvalue weighted by Crippen LogP contribution is 2.47. The summed E-state index contributed by atoms with van der Waals surface area (Å²) < 4.78 is 0. The molecule has 1 amide bonds. The minimum atomic E-state index is 0.0791. The maximum Gasteiger partial charge on any atom is 0.254 e. The van der Waals surface area contributed by atoms with Gasteiger partial charge in [0.15, 0.2) is 0 Å². The zero-order valence-electron chi connectivity index (χ0n) is 16.2. The molecule has 4 heteroatoms. The number of likely N-dealkylation sites (tertiary alicyclic amines) is 1. The zero-order chi connectivity index (χ0) is 19.3. The van der Waals surface area contributed by atoms with Crippen LogP contribution in [0.4, 0.5) is 0 Å². The van der Waals surface area contributed by atoms with Crippen molar-refractivity contribution in [2.75, 3.05) is 19.6 Å². The van der Waals surface area contributed by atoms with Gasteiger partial charge < -0.3 is 4.90 Å². The van der Waals surface area contributed by atoms with Gasteiger partial charge in [0.05, 0.1) is 17.7 Å². The maximum atomic E-state index is 13.5. The van der Waals surface area contributed by atoms with Crippen LogP contribution >= 0.6 is 0 Å². The van der Waals surface area contributed by atoms with Gasteiger partial charge in [-0.15, -0.1) is 0 Å². The normalized spacial score (nSPS) is 30.7. The summed E-state index contributed by atoms with van der Waals surface area (Å²) in [6, 6.07) is 18.9. The van der Waals surface area contributed by atoms with Crippen LogP contribution in [0.3, 0.4) is 0 Å². The lowest BCUT2D eigenvalue weighted by atomic mass is 9.75. The van der Waals surface area contributed by atoms with E-state index in [-0.39, 0.29) is 11.9 Å². The van der Waals surface area contributed by atoms with Gasteiger partial charge in [-0.3, -0.25) is 9.69 Å². The van der Waals surface area contributed by atoms with Gasteiger partial charge in [0, 0.05) is 24.1 Å². The van der Waals surface area contributed by atoms with Crippen LogP contribution in [0.1, 0.15) is 45.8 Å². The smallest absolute Gasteiger partial charge is 0.254 e. The van der Waals surface area contributed by atoms with Gasteiger partial charge in [-0.2, -0.15) is 5.26 Å². The summed E-state index contributed by atoms with van der Waals surface area (Å²) >= 11 is 0. The van der Waals surface area contributed by atoms with E-state index in [0.29, 0.717) is 29.0 Å². The van der Waals surface area contributed by atoms with Crippen LogP contribution in [0, 0.1) is 24.2 Å². The number of amides is 1. The molecular weight excluding hydrogens is 346 g/mol. The van der Waals surface area contributed by atoms with Gasteiger partial charge in [0.25, 0.3) is 5.91 Å². The van der Waals surface area contributed by atoms with Crippen molar-refractivity contribution < 1.29 is 4.79 Å². The van der Waals surface area contributed by atoms with Crippen molar-refractivity contribution in [2.45, 2.75) is 37.8 Å². The largest absolute Gasteiger partial charge is 0.333 e. The summed E-state index contributed by atoms with van der Waals surface area (Å²) in [5, 5.41) is 9.21. The van der Waals surface area contributed by atoms with Crippen LogP contribution in [-0.4, -0.2) is 47.4 Å². The fourth-order valence-electron chi connectivity index (χ4n) is 5.65. The van der Waals surface area contributed by atoms with Gasteiger partial charge >= 0.3 is 0 Å². The number of carbonyl (C=O) groups excluding carboxylic acids is 1. The molecule has 0 N–H and O–H groups in total. The Balaban J connectivity index is 1.52. The maximum absolute atomic E-state index is 13.5. The lowest BCUT2D eigenvalue weighted by Gasteiger charge is -2.51. The minimum absolute atomic E-state index is 0.0791. The second kappa shape index (κ2) is 6.76. The first-order valence-corrected chi connectivity index (χ1v) is 10.3. The van der Waals surface area contributed by atoms with Gasteiger partial charge in [-0.05, 0) is 62.5 Å². The number of hydrogen-bond donors (Lipinski definition) is 0. The SMILES string of the molecule is Cc1ccc([C@H]2CN(C(=O)c3cccc(C#N)c3)[C@@H]3C4CCN(CC4)[C@H]23)cc1. The van der Waals surface area contributed by atoms with Crippen LogP contribution in [-0.2, 0) is 0 Å². The van der Waals surface area contributed by atoms with E-state index < -0.39 is 0 Å². The first-order valence-electron chi connectivity index (χ1n) is 10.3. The van der Waals surface area contributed by atoms with Crippen molar-refractivity contribution in [3.05, 3.63) is 70.8 Å². The number of nitriles is 1. The second-order valence-electron chi connectivity index (χ2n) is 8.52. The zero-order valence-corrected chi connectivity index (χ0v) is 16.2. The minimum Gasteiger partial charge on any atom is -0.333 e. The Kier molecular flexibility index (Phi) is 4.21. The summed E-state index contributed by atoms with van der Waals surface area (Å²) in [6.45, 7) is 5.19. The molecule has 4 fully saturated rings. The molecule has 4 aliphatic rings. The van der Waals surface area contributed by atoms with Gasteiger partial charge in [-0.1, -0.05) is 35.9 Å². The van der Waals surface area contributed by atoms with Crippen molar-refractivity contribution in [2.24, 2.45) is 5.92 Å². The van der Waals surface area contributed by atoms with E-state index in [4.69, 9.17) is 0 Å². The van der Waals surface area contributed by atoms with Crippen molar-refractivity contribution >= 4 is 5.91 Å². The highest BCUT2D eigenvalue weighted by atomic mass is 16.2. The number of carbonyl (C=O) groups is 1. The Hall–Kier alpha value is -2.64. The molecule has 0 aromatic heterocycles. The molecule has 2 bridgehead atoms. The fraction of sp³-hybridized carbons (Fsp3) is 0.417. The Morgan fingerprint density at radius 3 is 2.54 bits per heavy atom. The quantitative estimate of drug-likeness (QED) is 0.811. The van der Waals surface area contributed by atoms with Crippen LogP contribution < -0.4 is 0 Å². The van der Waals surface area contributed by atoms with Crippen molar-refractivity contribution in [3.8, 4) is 6.07 Å². The molecule has 4 heterocycles. The van der Waals surface area contributed by atoms with E-state index in [1.807, 2.05) is 12.1 Å². The predicted octanol–water partition coefficient (Wildman–Crippen LogP) is 3.57. The molecular formula is C24H25N3O. The highest BCUT2D eigenvalue weighted by Gasteiger charge is 2.54. The molecule has 2 aromatic rings. The molecule has 0 saturated carbocycles. The molecule has 4 aliphatic heterocycles. The molecule has 3 atom stereocenters. The molecule has 0 aliphatic carbocycles. The number of aryl methyl sites for hydroxylation is 1. The molecule has 6 rings (SSSR count). The Labute approximate surface area is 166 Å². The number of piperidine rings is 3. The first kappa shape index (κ1) is 17.5. The van der Waals surface area contributed by atoms with Crippen molar-refractivity contribution in [3.63, 3.8) is 0 Å². The molecule has 0 radical (unpaired) electrons. The Morgan fingerprint density at radius 2 is 1.82 bits per heavy atom. The predicted molar refractivity (Wildman–Crippen MR) is 108 cm³/mol. The number of fused-ring (bicyclic) bond motifs is 2. The number of nitrogens with zero attached hydrogens (tertiary/aromatic N) is 3. The fourth-order valence-corrected chi connectivity index (χ4v) is 5.65. The molecule has 142 valence electrons. The molecule has 28 heavy (non-hydrogen) atoms. The third-order valence-electron chi connectivity index (χ3n) is 7.00. The molecule has 0 spiro atoms. The Bertz CT molecular complexity index is 937. The number of benzene rings is 2. The average Bonchev–Trinajstić information content (AvgIpc) is 3.17. The highest BCUT2D eigenvalue weighted by molar-refractivity contribution is 5.95. The van der Waals surface area contributed by atoms with E-state index >= 15 is 0 Å². The average molecular weight is 371 g/mol. The van der Waals surface area contributed by atoms with E-state index in [0.717, 1.165) is 19.6 Å². The number of hydrogen-bond acceptors (Lipinski definition) is 3. The summed E-state index contributed by atoms with van der Waals surface area (Å²) in [6.07, 6.45) is 2.37. The lowest BCUT2D eigenvalue weighted by molar-refractivity contribution is -0.00340. The summed E-state index contributed by atoms with van der Waals surface area (Å²) in [7, 11) is 0. The number of rotatable bonds is 2. The summed E-state index contributed by atoms with van der Waals surface area (Å²) in [4.78, 5) is 18.2. The van der Waals surface area contributed by atoms with Gasteiger partial charge in [0.2, 0.25) is 0 Å². The summed E-state index contributed by atoms with van der Waals surface area (Å²) in [5.41, 5.74) is 3.80. The van der Waals surface area contributed by atoms with Crippen LogP contribution in [0.2, 0.25) is 0 Å². The molecule has 4 nitrogen and oxygen atoms in total. The first-order chi connectivity index (χ1) is 13.7. The monoisotopic (exact) mass is 371 g/mol. The molecule has 2 aromatic carbocycles. The molecule has 4 saturated heterocycles. The van der Waals surface area contributed by atoms with E-state index in [1.54, 1.807) is 12.1 Å². The third-order valence-corrected chi connectivity index (χ3v) is 7.00. The van der Waals surface area contributed by atoms with Gasteiger partial charge in [0.1, 0.15) is 0 Å². The van der Waals surface area contributed by atoms with E-state index in [2.05, 4.69) is 47.1 Å². The van der Waals surface area contributed by atoms with Crippen LogP contribution in [0.15, 0.2) is 48.5 Å². The Morgan fingerprint density at radius 1 is 1.07 bits per heavy atom. The lowest BCUT2D eigenvalue weighted by Crippen LogP contribution is -2.60. The van der Waals surface area contributed by atoms with Gasteiger partial charge in [-0.25, -0.2) is 0 Å². The van der Waals surface area contributed by atoms with Crippen molar-refractivity contribution in [1.82, 2.24) is 9.80 Å². The van der Waals surface area contributed by atoms with Crippen LogP contribution in [0.5, 0.6) is 0 Å². The topological polar surface area (TPSA) is 47.3 Å². The molecule has 0 unspecified atom stereocenters. The second-order valence-corrected chi connectivity index (χ2v) is 8.52. The third kappa shape index (κ3) is 2.73.